The molecule has 0 saturated heterocycles. The van der Waals surface area contributed by atoms with Crippen molar-refractivity contribution in [3.63, 3.8) is 0 Å². The molecule has 2 N–H and O–H groups in total. The van der Waals surface area contributed by atoms with Crippen molar-refractivity contribution in [2.24, 2.45) is 5.92 Å². The van der Waals surface area contributed by atoms with Gasteiger partial charge < -0.3 is 5.11 Å². The number of hydrogen-bond acceptors (Lipinski definition) is 3. The second kappa shape index (κ2) is 5.52. The van der Waals surface area contributed by atoms with Crippen LogP contribution in [0.1, 0.15) is 19.3 Å². The van der Waals surface area contributed by atoms with Crippen molar-refractivity contribution in [1.82, 2.24) is 4.72 Å². The zero-order chi connectivity index (χ0) is 14.0. The third-order valence-electron chi connectivity index (χ3n) is 3.14. The van der Waals surface area contributed by atoms with Crippen molar-refractivity contribution >= 4 is 10.0 Å². The number of nitrogens with one attached hydrogen (secondary N) is 1. The van der Waals surface area contributed by atoms with Crippen LogP contribution in [0.15, 0.2) is 23.1 Å². The Labute approximate surface area is 110 Å². The van der Waals surface area contributed by atoms with Crippen LogP contribution >= 0.6 is 0 Å². The number of rotatable bonds is 6. The number of aliphatic hydroxyl groups excluding tert-OH is 1. The predicted octanol–water partition coefficient (Wildman–Crippen LogP) is 1.40. The minimum Gasteiger partial charge on any atom is -0.396 e. The van der Waals surface area contributed by atoms with E-state index in [0.29, 0.717) is 0 Å². The normalized spacial score (nSPS) is 17.4. The lowest BCUT2D eigenvalue weighted by atomic mass is 10.1. The molecule has 2 rings (SSSR count). The molecule has 0 radical (unpaired) electrons. The number of aliphatic hydroxyl groups is 1. The van der Waals surface area contributed by atoms with E-state index in [1.807, 2.05) is 0 Å². The fourth-order valence-corrected chi connectivity index (χ4v) is 3.41. The summed E-state index contributed by atoms with van der Waals surface area (Å²) in [4.78, 5) is -0.698. The molecule has 0 aliphatic heterocycles. The van der Waals surface area contributed by atoms with Crippen molar-refractivity contribution in [3.8, 4) is 0 Å². The Kier molecular flexibility index (Phi) is 4.17. The van der Waals surface area contributed by atoms with Crippen molar-refractivity contribution in [3.05, 3.63) is 29.8 Å². The lowest BCUT2D eigenvalue weighted by molar-refractivity contribution is 0.265. The smallest absolute Gasteiger partial charge is 0.243 e. The molecule has 1 atom stereocenters. The van der Waals surface area contributed by atoms with E-state index in [9.17, 15) is 17.2 Å². The second-order valence-electron chi connectivity index (χ2n) is 4.63. The van der Waals surface area contributed by atoms with Crippen LogP contribution in [-0.2, 0) is 10.0 Å². The van der Waals surface area contributed by atoms with Crippen LogP contribution in [0.4, 0.5) is 8.78 Å². The standard InChI is InChI=1S/C12H15F2NO3S/c13-9-2-1-3-11(12(9)14)19(17,18)15-10(6-7-16)8-4-5-8/h1-3,8,10,15-16H,4-7H2. The molecule has 1 aromatic rings. The molecule has 1 aliphatic carbocycles. The molecule has 1 aliphatic rings. The Morgan fingerprint density at radius 3 is 2.63 bits per heavy atom. The summed E-state index contributed by atoms with van der Waals surface area (Å²) >= 11 is 0. The molecule has 7 heteroatoms. The number of benzene rings is 1. The number of hydrogen-bond donors (Lipinski definition) is 2. The van der Waals surface area contributed by atoms with Crippen LogP contribution in [0.3, 0.4) is 0 Å². The molecule has 1 fully saturated rings. The zero-order valence-electron chi connectivity index (χ0n) is 10.1. The van der Waals surface area contributed by atoms with Gasteiger partial charge in [0.15, 0.2) is 11.6 Å². The lowest BCUT2D eigenvalue weighted by Gasteiger charge is -2.17. The van der Waals surface area contributed by atoms with Crippen molar-refractivity contribution < 1.29 is 22.3 Å². The first-order chi connectivity index (χ1) is 8.95. The van der Waals surface area contributed by atoms with Gasteiger partial charge in [-0.15, -0.1) is 0 Å². The van der Waals surface area contributed by atoms with Gasteiger partial charge in [0.25, 0.3) is 0 Å². The average molecular weight is 291 g/mol. The fraction of sp³-hybridized carbons (Fsp3) is 0.500. The second-order valence-corrected chi connectivity index (χ2v) is 6.31. The largest absolute Gasteiger partial charge is 0.396 e. The molecular weight excluding hydrogens is 276 g/mol. The molecule has 0 bridgehead atoms. The summed E-state index contributed by atoms with van der Waals surface area (Å²) in [5, 5.41) is 8.91. The Bertz CT molecular complexity index is 558. The first kappa shape index (κ1) is 14.4. The summed E-state index contributed by atoms with van der Waals surface area (Å²) in [7, 11) is -4.12. The number of sulfonamides is 1. The Balaban J connectivity index is 2.24. The van der Waals surface area contributed by atoms with Gasteiger partial charge in [-0.1, -0.05) is 6.07 Å². The van der Waals surface area contributed by atoms with Gasteiger partial charge in [0, 0.05) is 12.6 Å². The van der Waals surface area contributed by atoms with Crippen LogP contribution in [0, 0.1) is 17.6 Å². The van der Waals surface area contributed by atoms with E-state index >= 15 is 0 Å². The lowest BCUT2D eigenvalue weighted by Crippen LogP contribution is -2.37. The van der Waals surface area contributed by atoms with E-state index in [1.54, 1.807) is 0 Å². The molecule has 0 spiro atoms. The minimum absolute atomic E-state index is 0.157. The highest BCUT2D eigenvalue weighted by atomic mass is 32.2. The van der Waals surface area contributed by atoms with Gasteiger partial charge in [-0.25, -0.2) is 21.9 Å². The van der Waals surface area contributed by atoms with E-state index in [4.69, 9.17) is 5.11 Å². The van der Waals surface area contributed by atoms with Gasteiger partial charge in [-0.05, 0) is 37.3 Å². The Morgan fingerprint density at radius 1 is 1.37 bits per heavy atom. The van der Waals surface area contributed by atoms with Gasteiger partial charge in [0.2, 0.25) is 10.0 Å². The fourth-order valence-electron chi connectivity index (χ4n) is 1.98. The summed E-state index contributed by atoms with van der Waals surface area (Å²) in [5.41, 5.74) is 0. The molecule has 19 heavy (non-hydrogen) atoms. The molecule has 1 saturated carbocycles. The molecule has 0 aromatic heterocycles. The molecule has 0 heterocycles. The third-order valence-corrected chi connectivity index (χ3v) is 4.65. The maximum Gasteiger partial charge on any atom is 0.243 e. The topological polar surface area (TPSA) is 66.4 Å². The van der Waals surface area contributed by atoms with E-state index in [-0.39, 0.29) is 18.9 Å². The van der Waals surface area contributed by atoms with Crippen LogP contribution < -0.4 is 4.72 Å². The highest BCUT2D eigenvalue weighted by Crippen LogP contribution is 2.34. The maximum atomic E-state index is 13.5. The highest BCUT2D eigenvalue weighted by Gasteiger charge is 2.34. The predicted molar refractivity (Wildman–Crippen MR) is 64.9 cm³/mol. The van der Waals surface area contributed by atoms with E-state index < -0.39 is 32.6 Å². The van der Waals surface area contributed by atoms with Gasteiger partial charge in [0.1, 0.15) is 4.90 Å². The van der Waals surface area contributed by atoms with Crippen LogP contribution in [0.5, 0.6) is 0 Å². The van der Waals surface area contributed by atoms with E-state index in [1.165, 1.54) is 0 Å². The summed E-state index contributed by atoms with van der Waals surface area (Å²) in [6.45, 7) is -0.157. The van der Waals surface area contributed by atoms with Gasteiger partial charge >= 0.3 is 0 Å². The average Bonchev–Trinajstić information content (AvgIpc) is 3.15. The molecular formula is C12H15F2NO3S. The summed E-state index contributed by atoms with van der Waals surface area (Å²) in [5.74, 6) is -2.42. The molecule has 106 valence electrons. The quantitative estimate of drug-likeness (QED) is 0.832. The van der Waals surface area contributed by atoms with E-state index in [0.717, 1.165) is 31.0 Å². The van der Waals surface area contributed by atoms with Gasteiger partial charge in [-0.3, -0.25) is 0 Å². The van der Waals surface area contributed by atoms with Crippen LogP contribution in [0.2, 0.25) is 0 Å². The summed E-state index contributed by atoms with van der Waals surface area (Å²) in [6, 6.07) is 2.59. The Hall–Kier alpha value is -1.05. The Morgan fingerprint density at radius 2 is 2.05 bits per heavy atom. The van der Waals surface area contributed by atoms with Crippen LogP contribution in [0.25, 0.3) is 0 Å². The first-order valence-corrected chi connectivity index (χ1v) is 7.51. The van der Waals surface area contributed by atoms with Crippen molar-refractivity contribution in [2.75, 3.05) is 6.61 Å². The zero-order valence-corrected chi connectivity index (χ0v) is 11.0. The van der Waals surface area contributed by atoms with Gasteiger partial charge in [0.05, 0.1) is 0 Å². The SMILES string of the molecule is O=S(=O)(NC(CCO)C1CC1)c1cccc(F)c1F. The minimum atomic E-state index is -4.12. The van der Waals surface area contributed by atoms with Crippen molar-refractivity contribution in [2.45, 2.75) is 30.2 Å². The monoisotopic (exact) mass is 291 g/mol. The number of halogens is 2. The third kappa shape index (κ3) is 3.29. The van der Waals surface area contributed by atoms with E-state index in [2.05, 4.69) is 4.72 Å². The molecule has 1 aromatic carbocycles. The van der Waals surface area contributed by atoms with Crippen LogP contribution in [-0.4, -0.2) is 26.2 Å². The summed E-state index contributed by atoms with van der Waals surface area (Å²) < 4.78 is 53.0. The first-order valence-electron chi connectivity index (χ1n) is 6.03. The molecule has 1 unspecified atom stereocenters. The van der Waals surface area contributed by atoms with Gasteiger partial charge in [-0.2, -0.15) is 0 Å². The molecule has 0 amide bonds. The maximum absolute atomic E-state index is 13.5. The summed E-state index contributed by atoms with van der Waals surface area (Å²) in [6.07, 6.45) is 2.01. The van der Waals surface area contributed by atoms with Crippen molar-refractivity contribution in [1.29, 1.82) is 0 Å². The molecule has 4 nitrogen and oxygen atoms in total. The highest BCUT2D eigenvalue weighted by molar-refractivity contribution is 7.89.